The molecule has 0 aromatic carbocycles. The molecule has 0 aromatic rings. The van der Waals surface area contributed by atoms with E-state index in [1.165, 1.54) is 0 Å². The molecule has 0 aliphatic rings. The van der Waals surface area contributed by atoms with Gasteiger partial charge >= 0.3 is 7.60 Å². The molecule has 0 saturated carbocycles. The third-order valence-corrected chi connectivity index (χ3v) is 1.24. The minimum atomic E-state index is -4.12. The number of hydrogen-bond acceptors (Lipinski definition) is 4. The van der Waals surface area contributed by atoms with Crippen LogP contribution in [0.2, 0.25) is 0 Å². The molecule has 0 atom stereocenters. The molecule has 14 heavy (non-hydrogen) atoms. The lowest BCUT2D eigenvalue weighted by Gasteiger charge is -2.03. The minimum Gasteiger partial charge on any atom is -0.343 e. The molecule has 0 unspecified atom stereocenters. The van der Waals surface area contributed by atoms with Gasteiger partial charge in [0.15, 0.2) is 0 Å². The zero-order chi connectivity index (χ0) is 11.8. The molecular weight excluding hydrogens is 209 g/mol. The smallest absolute Gasteiger partial charge is 0.343 e. The van der Waals surface area contributed by atoms with Crippen molar-refractivity contribution in [1.82, 2.24) is 5.32 Å². The van der Waals surface area contributed by atoms with Gasteiger partial charge in [-0.05, 0) is 6.04 Å². The summed E-state index contributed by atoms with van der Waals surface area (Å²) < 4.78 is 10.1. The van der Waals surface area contributed by atoms with Gasteiger partial charge in [0, 0.05) is 0 Å². The molecule has 0 spiro atoms. The maximum Gasteiger partial charge on any atom is 0.344 e. The fourth-order valence-corrected chi connectivity index (χ4v) is 0.646. The highest BCUT2D eigenvalue weighted by Crippen LogP contribution is 2.31. The van der Waals surface area contributed by atoms with Gasteiger partial charge in [0.1, 0.15) is 6.29 Å². The molecule has 0 rings (SSSR count). The standard InChI is InChI=1S/C3H9N2O4P.C3H9N/c4-1-3(6)5-2-10(7,8)9;1-3(2)4/h1-2,4H2,(H,5,6)(H2,7,8,9);3H,4H2,1-2H3. The Morgan fingerprint density at radius 2 is 1.86 bits per heavy atom. The molecule has 0 heterocycles. The lowest BCUT2D eigenvalue weighted by atomic mass is 10.5. The second kappa shape index (κ2) is 7.90. The van der Waals surface area contributed by atoms with Crippen LogP contribution in [0.3, 0.4) is 0 Å². The van der Waals surface area contributed by atoms with Gasteiger partial charge in [-0.15, -0.1) is 0 Å². The Kier molecular flexibility index (Phi) is 9.02. The van der Waals surface area contributed by atoms with Crippen LogP contribution in [0.25, 0.3) is 0 Å². The number of hydrogen-bond donors (Lipinski definition) is 5. The topological polar surface area (TPSA) is 139 Å². The van der Waals surface area contributed by atoms with Crippen molar-refractivity contribution in [2.45, 2.75) is 19.9 Å². The van der Waals surface area contributed by atoms with E-state index >= 15 is 0 Å². The van der Waals surface area contributed by atoms with E-state index in [-0.39, 0.29) is 6.54 Å². The normalized spacial score (nSPS) is 10.5. The van der Waals surface area contributed by atoms with Crippen LogP contribution in [0, 0.1) is 0 Å². The van der Waals surface area contributed by atoms with Gasteiger partial charge in [0.25, 0.3) is 0 Å². The van der Waals surface area contributed by atoms with Crippen molar-refractivity contribution in [3.05, 3.63) is 0 Å². The summed E-state index contributed by atoms with van der Waals surface area (Å²) in [5.41, 5.74) is 9.95. The summed E-state index contributed by atoms with van der Waals surface area (Å²) in [6.07, 6.45) is -0.650. The van der Waals surface area contributed by atoms with Crippen LogP contribution < -0.4 is 16.8 Å². The summed E-state index contributed by atoms with van der Waals surface area (Å²) >= 11 is 0. The Bertz CT molecular complexity index is 200. The monoisotopic (exact) mass is 227 g/mol. The number of carbonyl (C=O) groups is 1. The van der Waals surface area contributed by atoms with E-state index in [1.54, 1.807) is 0 Å². The van der Waals surface area contributed by atoms with E-state index in [1.807, 2.05) is 19.2 Å². The van der Waals surface area contributed by atoms with Crippen molar-refractivity contribution in [3.63, 3.8) is 0 Å². The highest BCUT2D eigenvalue weighted by molar-refractivity contribution is 7.51. The van der Waals surface area contributed by atoms with Gasteiger partial charge in [0.2, 0.25) is 5.91 Å². The first-order valence-corrected chi connectivity index (χ1v) is 5.75. The Morgan fingerprint density at radius 1 is 1.50 bits per heavy atom. The molecule has 7 N–H and O–H groups in total. The molecule has 86 valence electrons. The van der Waals surface area contributed by atoms with E-state index in [2.05, 4.69) is 0 Å². The van der Waals surface area contributed by atoms with Crippen molar-refractivity contribution < 1.29 is 19.1 Å². The lowest BCUT2D eigenvalue weighted by Crippen LogP contribution is -2.30. The Hall–Kier alpha value is -0.460. The lowest BCUT2D eigenvalue weighted by molar-refractivity contribution is -0.119. The first-order valence-electron chi connectivity index (χ1n) is 3.96. The van der Waals surface area contributed by atoms with Gasteiger partial charge in [-0.25, -0.2) is 0 Å². The summed E-state index contributed by atoms with van der Waals surface area (Å²) in [7, 11) is -4.12. The van der Waals surface area contributed by atoms with Crippen molar-refractivity contribution in [2.24, 2.45) is 11.5 Å². The van der Waals surface area contributed by atoms with Crippen LogP contribution in [0.15, 0.2) is 0 Å². The zero-order valence-corrected chi connectivity index (χ0v) is 9.20. The fourth-order valence-electron chi connectivity index (χ4n) is 0.263. The van der Waals surface area contributed by atoms with Crippen LogP contribution in [0.4, 0.5) is 0 Å². The Balaban J connectivity index is 0. The number of nitrogens with one attached hydrogen (secondary N) is 1. The van der Waals surface area contributed by atoms with Crippen LogP contribution in [0.1, 0.15) is 13.8 Å². The summed E-state index contributed by atoms with van der Waals surface area (Å²) in [6.45, 7) is 3.62. The fraction of sp³-hybridized carbons (Fsp3) is 0.833. The third-order valence-electron chi connectivity index (χ3n) is 0.668. The molecule has 7 nitrogen and oxygen atoms in total. The van der Waals surface area contributed by atoms with Crippen LogP contribution in [0.5, 0.6) is 0 Å². The van der Waals surface area contributed by atoms with Gasteiger partial charge in [-0.3, -0.25) is 9.36 Å². The number of amides is 1. The average molecular weight is 227 g/mol. The molecule has 0 bridgehead atoms. The van der Waals surface area contributed by atoms with Gasteiger partial charge in [0.05, 0.1) is 6.54 Å². The quantitative estimate of drug-likeness (QED) is 0.374. The molecule has 0 aliphatic heterocycles. The summed E-state index contributed by atoms with van der Waals surface area (Å²) in [4.78, 5) is 26.7. The predicted molar refractivity (Wildman–Crippen MR) is 53.4 cm³/mol. The molecule has 0 aliphatic carbocycles. The number of nitrogens with two attached hydrogens (primary N) is 2. The van der Waals surface area contributed by atoms with E-state index < -0.39 is 19.8 Å². The average Bonchev–Trinajstić information content (AvgIpc) is 1.97. The van der Waals surface area contributed by atoms with Gasteiger partial charge < -0.3 is 26.6 Å². The molecule has 0 radical (unpaired) electrons. The third kappa shape index (κ3) is 22.5. The maximum absolute atomic E-state index is 10.3. The Morgan fingerprint density at radius 3 is 2.07 bits per heavy atom. The van der Waals surface area contributed by atoms with Gasteiger partial charge in [-0.2, -0.15) is 0 Å². The summed E-state index contributed by atoms with van der Waals surface area (Å²) in [6, 6.07) is 0.333. The Labute approximate surface area is 83.0 Å². The van der Waals surface area contributed by atoms with Crippen molar-refractivity contribution >= 4 is 13.5 Å². The van der Waals surface area contributed by atoms with Crippen molar-refractivity contribution in [3.8, 4) is 0 Å². The van der Waals surface area contributed by atoms with E-state index in [4.69, 9.17) is 21.3 Å². The van der Waals surface area contributed by atoms with Crippen LogP contribution >= 0.6 is 7.60 Å². The van der Waals surface area contributed by atoms with Crippen LogP contribution in [-0.4, -0.2) is 34.6 Å². The maximum atomic E-state index is 10.3. The van der Waals surface area contributed by atoms with Crippen molar-refractivity contribution in [1.29, 1.82) is 0 Å². The predicted octanol–water partition coefficient (Wildman–Crippen LogP) is -1.45. The van der Waals surface area contributed by atoms with E-state index in [0.29, 0.717) is 6.04 Å². The highest BCUT2D eigenvalue weighted by atomic mass is 31.2. The first-order chi connectivity index (χ1) is 6.19. The second-order valence-corrected chi connectivity index (χ2v) is 4.52. The second-order valence-electron chi connectivity index (χ2n) is 2.87. The van der Waals surface area contributed by atoms with Gasteiger partial charge in [-0.1, -0.05) is 13.8 Å². The molecule has 8 heteroatoms. The van der Waals surface area contributed by atoms with E-state index in [0.717, 1.165) is 0 Å². The molecule has 0 saturated heterocycles. The van der Waals surface area contributed by atoms with Crippen molar-refractivity contribution in [2.75, 3.05) is 12.8 Å². The largest absolute Gasteiger partial charge is 0.344 e. The molecule has 0 aromatic heterocycles. The molecular formula is C6H18N3O4P. The zero-order valence-electron chi connectivity index (χ0n) is 8.30. The summed E-state index contributed by atoms with van der Waals surface area (Å²) in [5, 5.41) is 1.95. The van der Waals surface area contributed by atoms with E-state index in [9.17, 15) is 9.36 Å². The highest BCUT2D eigenvalue weighted by Gasteiger charge is 2.12. The minimum absolute atomic E-state index is 0.264. The summed E-state index contributed by atoms with van der Waals surface area (Å²) in [5.74, 6) is -0.580. The molecule has 1 amide bonds. The number of rotatable bonds is 3. The SMILES string of the molecule is CC(C)N.NCC(=O)NCP(=O)(O)O. The van der Waals surface area contributed by atoms with Crippen LogP contribution in [-0.2, 0) is 9.36 Å². The molecule has 0 fully saturated rings. The first kappa shape index (κ1) is 16.0. The number of carbonyl (C=O) groups excluding carboxylic acids is 1.